The summed E-state index contributed by atoms with van der Waals surface area (Å²) in [4.78, 5) is 4.10. The van der Waals surface area contributed by atoms with E-state index in [2.05, 4.69) is 37.1 Å². The molecule has 3 heteroatoms. The monoisotopic (exact) mass is 207 g/mol. The van der Waals surface area contributed by atoms with E-state index in [0.29, 0.717) is 6.04 Å². The van der Waals surface area contributed by atoms with Crippen LogP contribution in [0.2, 0.25) is 0 Å². The molecule has 0 aliphatic heterocycles. The maximum Gasteiger partial charge on any atom is 0.0948 e. The highest BCUT2D eigenvalue weighted by Crippen LogP contribution is 2.07. The summed E-state index contributed by atoms with van der Waals surface area (Å²) in [5, 5.41) is 3.43. The molecule has 1 rings (SSSR count). The van der Waals surface area contributed by atoms with Crippen LogP contribution in [-0.4, -0.2) is 22.1 Å². The summed E-state index contributed by atoms with van der Waals surface area (Å²) in [7, 11) is 2.02. The summed E-state index contributed by atoms with van der Waals surface area (Å²) in [6.07, 6.45) is 7.01. The molecule has 0 spiro atoms. The lowest BCUT2D eigenvalue weighted by molar-refractivity contribution is 0.616. The Morgan fingerprint density at radius 2 is 2.33 bits per heavy atom. The normalized spacial score (nSPS) is 12.5. The van der Waals surface area contributed by atoms with Gasteiger partial charge in [0.2, 0.25) is 0 Å². The van der Waals surface area contributed by atoms with Crippen molar-refractivity contribution in [3.05, 3.63) is 23.8 Å². The molecule has 0 atom stereocenters. The fourth-order valence-corrected chi connectivity index (χ4v) is 1.33. The molecule has 0 amide bonds. The fraction of sp³-hybridized carbons (Fsp3) is 0.583. The number of nitrogens with zero attached hydrogens (tertiary/aromatic N) is 2. The summed E-state index contributed by atoms with van der Waals surface area (Å²) >= 11 is 0. The van der Waals surface area contributed by atoms with E-state index in [1.54, 1.807) is 0 Å². The van der Waals surface area contributed by atoms with Crippen LogP contribution in [0.15, 0.2) is 18.1 Å². The minimum Gasteiger partial charge on any atom is -0.334 e. The third-order valence-corrected chi connectivity index (χ3v) is 2.40. The number of aryl methyl sites for hydroxylation is 1. The standard InChI is InChI=1S/C12H21N3/c1-5-11(7-14-10(2)3)6-12-8-13-9-15(12)4/h6,8-10,14H,5,7H2,1-4H3. The van der Waals surface area contributed by atoms with Gasteiger partial charge in [-0.1, -0.05) is 26.3 Å². The zero-order valence-corrected chi connectivity index (χ0v) is 10.1. The second-order valence-corrected chi connectivity index (χ2v) is 4.12. The van der Waals surface area contributed by atoms with Gasteiger partial charge in [-0.15, -0.1) is 0 Å². The summed E-state index contributed by atoms with van der Waals surface area (Å²) in [6, 6.07) is 0.534. The molecule has 0 aliphatic carbocycles. The lowest BCUT2D eigenvalue weighted by atomic mass is 10.1. The Kier molecular flexibility index (Phi) is 4.56. The molecule has 0 aromatic carbocycles. The van der Waals surface area contributed by atoms with Gasteiger partial charge in [0.25, 0.3) is 0 Å². The first-order valence-corrected chi connectivity index (χ1v) is 5.52. The molecular formula is C12H21N3. The van der Waals surface area contributed by atoms with Crippen LogP contribution < -0.4 is 5.32 Å². The second kappa shape index (κ2) is 5.71. The summed E-state index contributed by atoms with van der Waals surface area (Å²) in [6.45, 7) is 7.47. The van der Waals surface area contributed by atoms with E-state index in [4.69, 9.17) is 0 Å². The highest BCUT2D eigenvalue weighted by molar-refractivity contribution is 5.48. The molecule has 0 fully saturated rings. The van der Waals surface area contributed by atoms with Crippen LogP contribution in [-0.2, 0) is 7.05 Å². The Hall–Kier alpha value is -1.09. The van der Waals surface area contributed by atoms with Gasteiger partial charge in [0, 0.05) is 19.6 Å². The van der Waals surface area contributed by atoms with Crippen molar-refractivity contribution in [3.63, 3.8) is 0 Å². The Labute approximate surface area is 92.2 Å². The quantitative estimate of drug-likeness (QED) is 0.802. The molecule has 0 radical (unpaired) electrons. The van der Waals surface area contributed by atoms with E-state index < -0.39 is 0 Å². The topological polar surface area (TPSA) is 29.9 Å². The molecule has 0 unspecified atom stereocenters. The van der Waals surface area contributed by atoms with E-state index in [-0.39, 0.29) is 0 Å². The Bertz CT molecular complexity index is 323. The SMILES string of the molecule is CCC(=Cc1cncn1C)CNC(C)C. The molecule has 84 valence electrons. The zero-order valence-electron chi connectivity index (χ0n) is 10.1. The largest absolute Gasteiger partial charge is 0.334 e. The lowest BCUT2D eigenvalue weighted by Crippen LogP contribution is -2.24. The molecule has 15 heavy (non-hydrogen) atoms. The smallest absolute Gasteiger partial charge is 0.0948 e. The van der Waals surface area contributed by atoms with Crippen molar-refractivity contribution in [1.29, 1.82) is 0 Å². The van der Waals surface area contributed by atoms with Crippen LogP contribution >= 0.6 is 0 Å². The summed E-state index contributed by atoms with van der Waals surface area (Å²) in [5.74, 6) is 0. The minimum absolute atomic E-state index is 0.534. The highest BCUT2D eigenvalue weighted by Gasteiger charge is 1.99. The van der Waals surface area contributed by atoms with Crippen LogP contribution in [0.25, 0.3) is 6.08 Å². The van der Waals surface area contributed by atoms with Crippen molar-refractivity contribution in [3.8, 4) is 0 Å². The van der Waals surface area contributed by atoms with Crippen molar-refractivity contribution in [2.24, 2.45) is 7.05 Å². The van der Waals surface area contributed by atoms with Crippen molar-refractivity contribution >= 4 is 6.08 Å². The van der Waals surface area contributed by atoms with E-state index >= 15 is 0 Å². The van der Waals surface area contributed by atoms with Crippen LogP contribution in [0.1, 0.15) is 32.9 Å². The molecule has 1 aromatic heterocycles. The molecule has 1 N–H and O–H groups in total. The summed E-state index contributed by atoms with van der Waals surface area (Å²) < 4.78 is 2.03. The zero-order chi connectivity index (χ0) is 11.3. The van der Waals surface area contributed by atoms with E-state index in [9.17, 15) is 0 Å². The van der Waals surface area contributed by atoms with Gasteiger partial charge >= 0.3 is 0 Å². The van der Waals surface area contributed by atoms with Gasteiger partial charge in [-0.3, -0.25) is 0 Å². The number of rotatable bonds is 5. The van der Waals surface area contributed by atoms with Crippen molar-refractivity contribution in [2.75, 3.05) is 6.54 Å². The van der Waals surface area contributed by atoms with Gasteiger partial charge in [0.15, 0.2) is 0 Å². The minimum atomic E-state index is 0.534. The van der Waals surface area contributed by atoms with Crippen LogP contribution in [0.3, 0.4) is 0 Å². The maximum atomic E-state index is 4.10. The fourth-order valence-electron chi connectivity index (χ4n) is 1.33. The molecule has 0 saturated carbocycles. The third kappa shape index (κ3) is 3.88. The summed E-state index contributed by atoms with van der Waals surface area (Å²) in [5.41, 5.74) is 2.57. The third-order valence-electron chi connectivity index (χ3n) is 2.40. The van der Waals surface area contributed by atoms with Crippen molar-refractivity contribution in [2.45, 2.75) is 33.2 Å². The average Bonchev–Trinajstić information content (AvgIpc) is 2.58. The van der Waals surface area contributed by atoms with Crippen molar-refractivity contribution < 1.29 is 0 Å². The molecule has 0 bridgehead atoms. The molecule has 0 saturated heterocycles. The number of aromatic nitrogens is 2. The second-order valence-electron chi connectivity index (χ2n) is 4.12. The molecule has 1 aromatic rings. The van der Waals surface area contributed by atoms with Gasteiger partial charge in [-0.2, -0.15) is 0 Å². The van der Waals surface area contributed by atoms with Gasteiger partial charge < -0.3 is 9.88 Å². The number of nitrogens with one attached hydrogen (secondary N) is 1. The first-order chi connectivity index (χ1) is 7.13. The highest BCUT2D eigenvalue weighted by atomic mass is 15.0. The van der Waals surface area contributed by atoms with Gasteiger partial charge in [-0.25, -0.2) is 4.98 Å². The molecular weight excluding hydrogens is 186 g/mol. The average molecular weight is 207 g/mol. The Balaban J connectivity index is 2.65. The molecule has 3 nitrogen and oxygen atoms in total. The molecule has 1 heterocycles. The van der Waals surface area contributed by atoms with Gasteiger partial charge in [0.05, 0.1) is 18.2 Å². The molecule has 0 aliphatic rings. The predicted octanol–water partition coefficient (Wildman–Crippen LogP) is 2.21. The number of hydrogen-bond donors (Lipinski definition) is 1. The van der Waals surface area contributed by atoms with Crippen LogP contribution in [0.5, 0.6) is 0 Å². The lowest BCUT2D eigenvalue weighted by Gasteiger charge is -2.10. The Morgan fingerprint density at radius 1 is 1.60 bits per heavy atom. The maximum absolute atomic E-state index is 4.10. The first-order valence-electron chi connectivity index (χ1n) is 5.52. The first kappa shape index (κ1) is 12.0. The van der Waals surface area contributed by atoms with Crippen molar-refractivity contribution in [1.82, 2.24) is 14.9 Å². The predicted molar refractivity (Wildman–Crippen MR) is 64.6 cm³/mol. The number of imidazole rings is 1. The van der Waals surface area contributed by atoms with E-state index in [0.717, 1.165) is 18.7 Å². The van der Waals surface area contributed by atoms with E-state index in [1.807, 2.05) is 24.1 Å². The van der Waals surface area contributed by atoms with Gasteiger partial charge in [-0.05, 0) is 12.5 Å². The van der Waals surface area contributed by atoms with Crippen LogP contribution in [0.4, 0.5) is 0 Å². The van der Waals surface area contributed by atoms with E-state index in [1.165, 1.54) is 5.57 Å². The number of hydrogen-bond acceptors (Lipinski definition) is 2. The Morgan fingerprint density at radius 3 is 2.80 bits per heavy atom. The van der Waals surface area contributed by atoms with Crippen LogP contribution in [0, 0.1) is 0 Å². The van der Waals surface area contributed by atoms with Gasteiger partial charge in [0.1, 0.15) is 0 Å².